The lowest BCUT2D eigenvalue weighted by Crippen LogP contribution is -2.14. The number of amides is 1. The van der Waals surface area contributed by atoms with Crippen molar-refractivity contribution >= 4 is 21.6 Å². The van der Waals surface area contributed by atoms with Gasteiger partial charge in [-0.15, -0.1) is 0 Å². The predicted octanol–water partition coefficient (Wildman–Crippen LogP) is 0.574. The highest BCUT2D eigenvalue weighted by Gasteiger charge is 2.10. The predicted molar refractivity (Wildman–Crippen MR) is 62.3 cm³/mol. The highest BCUT2D eigenvalue weighted by Crippen LogP contribution is 2.11. The molecule has 0 saturated carbocycles. The third-order valence-electron chi connectivity index (χ3n) is 2.14. The van der Waals surface area contributed by atoms with Gasteiger partial charge in [-0.2, -0.15) is 0 Å². The first-order valence-electron chi connectivity index (χ1n) is 4.80. The molecule has 1 amide bonds. The van der Waals surface area contributed by atoms with Crippen molar-refractivity contribution in [2.75, 3.05) is 5.32 Å². The molecule has 0 aliphatic rings. The van der Waals surface area contributed by atoms with Gasteiger partial charge in [0, 0.05) is 5.56 Å². The number of nitrogens with one attached hydrogen (secondary N) is 1. The second kappa shape index (κ2) is 4.59. The maximum atomic E-state index is 11.7. The van der Waals surface area contributed by atoms with E-state index >= 15 is 0 Å². The summed E-state index contributed by atoms with van der Waals surface area (Å²) in [6.07, 6.45) is 2.62. The molecule has 0 spiro atoms. The van der Waals surface area contributed by atoms with E-state index in [1.54, 1.807) is 0 Å². The number of nitrogens with zero attached hydrogens (tertiary/aromatic N) is 1. The van der Waals surface area contributed by atoms with E-state index in [0.29, 0.717) is 11.3 Å². The standard InChI is InChI=1S/C10H9N3O4S/c11-18(15,16)9-3-1-7(2-4-9)10(14)13-8-5-12-17-6-8/h1-6H,(H,13,14)(H2,11,15,16). The van der Waals surface area contributed by atoms with Gasteiger partial charge in [0.1, 0.15) is 12.0 Å². The lowest BCUT2D eigenvalue weighted by molar-refractivity contribution is 0.102. The van der Waals surface area contributed by atoms with Crippen LogP contribution in [0.1, 0.15) is 10.4 Å². The lowest BCUT2D eigenvalue weighted by Gasteiger charge is -2.02. The molecule has 2 aromatic rings. The van der Waals surface area contributed by atoms with Gasteiger partial charge in [0.2, 0.25) is 10.0 Å². The molecule has 7 nitrogen and oxygen atoms in total. The van der Waals surface area contributed by atoms with E-state index in [1.807, 2.05) is 0 Å². The summed E-state index contributed by atoms with van der Waals surface area (Å²) in [5, 5.41) is 10.9. The van der Waals surface area contributed by atoms with E-state index in [9.17, 15) is 13.2 Å². The molecule has 1 heterocycles. The quantitative estimate of drug-likeness (QED) is 0.843. The van der Waals surface area contributed by atoms with Crippen LogP contribution >= 0.6 is 0 Å². The number of sulfonamides is 1. The van der Waals surface area contributed by atoms with Crippen LogP contribution in [0.4, 0.5) is 5.69 Å². The van der Waals surface area contributed by atoms with Gasteiger partial charge in [-0.05, 0) is 24.3 Å². The summed E-state index contributed by atoms with van der Waals surface area (Å²) in [6.45, 7) is 0. The molecule has 0 radical (unpaired) electrons. The van der Waals surface area contributed by atoms with Gasteiger partial charge in [0.25, 0.3) is 5.91 Å². The molecule has 8 heteroatoms. The monoisotopic (exact) mass is 267 g/mol. The van der Waals surface area contributed by atoms with E-state index in [4.69, 9.17) is 5.14 Å². The van der Waals surface area contributed by atoms with Crippen molar-refractivity contribution in [1.82, 2.24) is 5.16 Å². The molecular formula is C10H9N3O4S. The fourth-order valence-corrected chi connectivity index (χ4v) is 1.78. The van der Waals surface area contributed by atoms with Crippen LogP contribution in [0.5, 0.6) is 0 Å². The topological polar surface area (TPSA) is 115 Å². The number of nitrogens with two attached hydrogens (primary N) is 1. The number of benzene rings is 1. The lowest BCUT2D eigenvalue weighted by atomic mass is 10.2. The molecule has 0 aliphatic heterocycles. The van der Waals surface area contributed by atoms with Gasteiger partial charge in [-0.3, -0.25) is 4.79 Å². The molecular weight excluding hydrogens is 258 g/mol. The van der Waals surface area contributed by atoms with Crippen molar-refractivity contribution in [3.63, 3.8) is 0 Å². The van der Waals surface area contributed by atoms with E-state index in [0.717, 1.165) is 0 Å². The number of rotatable bonds is 3. The number of aromatic nitrogens is 1. The summed E-state index contributed by atoms with van der Waals surface area (Å²) in [7, 11) is -3.75. The fraction of sp³-hybridized carbons (Fsp3) is 0. The van der Waals surface area contributed by atoms with Crippen LogP contribution < -0.4 is 10.5 Å². The van der Waals surface area contributed by atoms with Crippen LogP contribution in [0.15, 0.2) is 46.1 Å². The first-order chi connectivity index (χ1) is 8.47. The number of hydrogen-bond donors (Lipinski definition) is 2. The van der Waals surface area contributed by atoms with E-state index in [-0.39, 0.29) is 4.90 Å². The number of carbonyl (C=O) groups is 1. The first kappa shape index (κ1) is 12.3. The molecule has 0 fully saturated rings. The van der Waals surface area contributed by atoms with Gasteiger partial charge in [0.15, 0.2) is 0 Å². The molecule has 0 atom stereocenters. The second-order valence-corrected chi connectivity index (χ2v) is 5.00. The van der Waals surface area contributed by atoms with Gasteiger partial charge in [-0.1, -0.05) is 5.16 Å². The van der Waals surface area contributed by atoms with E-state index in [2.05, 4.69) is 15.0 Å². The largest absolute Gasteiger partial charge is 0.363 e. The average molecular weight is 267 g/mol. The highest BCUT2D eigenvalue weighted by molar-refractivity contribution is 7.89. The number of hydrogen-bond acceptors (Lipinski definition) is 5. The minimum absolute atomic E-state index is 0.0518. The number of carbonyl (C=O) groups excluding carboxylic acids is 1. The van der Waals surface area contributed by atoms with E-state index in [1.165, 1.54) is 36.7 Å². The van der Waals surface area contributed by atoms with Gasteiger partial charge < -0.3 is 9.84 Å². The van der Waals surface area contributed by atoms with Crippen LogP contribution in [-0.4, -0.2) is 19.5 Å². The summed E-state index contributed by atoms with van der Waals surface area (Å²) >= 11 is 0. The van der Waals surface area contributed by atoms with Crippen molar-refractivity contribution in [2.24, 2.45) is 5.14 Å². The Balaban J connectivity index is 2.17. The van der Waals surface area contributed by atoms with Crippen LogP contribution in [0, 0.1) is 0 Å². The van der Waals surface area contributed by atoms with Crippen molar-refractivity contribution < 1.29 is 17.7 Å². The minimum atomic E-state index is -3.75. The third kappa shape index (κ3) is 2.73. The molecule has 0 saturated heterocycles. The summed E-state index contributed by atoms with van der Waals surface area (Å²) in [5.41, 5.74) is 0.708. The van der Waals surface area contributed by atoms with Crippen LogP contribution in [0.3, 0.4) is 0 Å². The number of anilines is 1. The molecule has 18 heavy (non-hydrogen) atoms. The molecule has 0 aliphatic carbocycles. The number of primary sulfonamides is 1. The van der Waals surface area contributed by atoms with Gasteiger partial charge in [-0.25, -0.2) is 13.6 Å². The zero-order chi connectivity index (χ0) is 13.2. The average Bonchev–Trinajstić information content (AvgIpc) is 2.81. The Bertz CT molecular complexity index is 647. The molecule has 0 unspecified atom stereocenters. The van der Waals surface area contributed by atoms with Crippen LogP contribution in [0.25, 0.3) is 0 Å². The zero-order valence-electron chi connectivity index (χ0n) is 9.03. The summed E-state index contributed by atoms with van der Waals surface area (Å²) in [5.74, 6) is -0.404. The molecule has 2 rings (SSSR count). The fourth-order valence-electron chi connectivity index (χ4n) is 1.27. The maximum absolute atomic E-state index is 11.7. The summed E-state index contributed by atoms with van der Waals surface area (Å²) < 4.78 is 26.6. The van der Waals surface area contributed by atoms with Gasteiger partial charge >= 0.3 is 0 Å². The minimum Gasteiger partial charge on any atom is -0.363 e. The highest BCUT2D eigenvalue weighted by atomic mass is 32.2. The van der Waals surface area contributed by atoms with Crippen LogP contribution in [0.2, 0.25) is 0 Å². The molecule has 1 aromatic heterocycles. The first-order valence-corrected chi connectivity index (χ1v) is 6.35. The smallest absolute Gasteiger partial charge is 0.255 e. The van der Waals surface area contributed by atoms with Crippen molar-refractivity contribution in [2.45, 2.75) is 4.90 Å². The van der Waals surface area contributed by atoms with Crippen molar-refractivity contribution in [1.29, 1.82) is 0 Å². The summed E-state index contributed by atoms with van der Waals surface area (Å²) in [6, 6.07) is 5.25. The molecule has 94 valence electrons. The zero-order valence-corrected chi connectivity index (χ0v) is 9.85. The normalized spacial score (nSPS) is 11.2. The van der Waals surface area contributed by atoms with Crippen molar-refractivity contribution in [3.05, 3.63) is 42.3 Å². The molecule has 3 N–H and O–H groups in total. The van der Waals surface area contributed by atoms with Crippen molar-refractivity contribution in [3.8, 4) is 0 Å². The van der Waals surface area contributed by atoms with Crippen LogP contribution in [-0.2, 0) is 10.0 Å². The Morgan fingerprint density at radius 1 is 1.28 bits per heavy atom. The Labute approximate surface area is 103 Å². The van der Waals surface area contributed by atoms with Gasteiger partial charge in [0.05, 0.1) is 11.1 Å². The third-order valence-corrected chi connectivity index (χ3v) is 3.06. The Hall–Kier alpha value is -2.19. The second-order valence-electron chi connectivity index (χ2n) is 3.44. The Kier molecular flexibility index (Phi) is 3.13. The maximum Gasteiger partial charge on any atom is 0.255 e. The molecule has 0 bridgehead atoms. The molecule has 1 aromatic carbocycles. The SMILES string of the molecule is NS(=O)(=O)c1ccc(C(=O)Nc2cnoc2)cc1. The summed E-state index contributed by atoms with van der Waals surface area (Å²) in [4.78, 5) is 11.7. The Morgan fingerprint density at radius 3 is 2.44 bits per heavy atom. The Morgan fingerprint density at radius 2 is 1.94 bits per heavy atom. The van der Waals surface area contributed by atoms with E-state index < -0.39 is 15.9 Å².